The molecule has 0 spiro atoms. The standard InChI is InChI=1S/C25H26BrNO4/c1-4-30-23-12-20(14-27-22-11-19(25(28)29)10-7-17(22)3)21(26)13-24(23)31-15-18-8-5-16(2)6-9-18/h5-13,27H,4,14-15H2,1-3H3,(H,28,29). The third-order valence-electron chi connectivity index (χ3n) is 4.88. The van der Waals surface area contributed by atoms with E-state index in [0.717, 1.165) is 26.9 Å². The van der Waals surface area contributed by atoms with Gasteiger partial charge in [-0.15, -0.1) is 0 Å². The van der Waals surface area contributed by atoms with Crippen LogP contribution in [0.5, 0.6) is 11.5 Å². The molecule has 0 unspecified atom stereocenters. The van der Waals surface area contributed by atoms with Crippen molar-refractivity contribution in [2.24, 2.45) is 0 Å². The molecule has 0 aliphatic rings. The molecule has 3 aromatic carbocycles. The van der Waals surface area contributed by atoms with Gasteiger partial charge in [0.15, 0.2) is 11.5 Å². The van der Waals surface area contributed by atoms with Gasteiger partial charge in [0, 0.05) is 16.7 Å². The van der Waals surface area contributed by atoms with Crippen molar-refractivity contribution in [3.63, 3.8) is 0 Å². The molecule has 0 aromatic heterocycles. The zero-order chi connectivity index (χ0) is 22.4. The third kappa shape index (κ3) is 6.01. The van der Waals surface area contributed by atoms with Crippen molar-refractivity contribution in [3.8, 4) is 11.5 Å². The first kappa shape index (κ1) is 22.7. The second kappa shape index (κ2) is 10.4. The van der Waals surface area contributed by atoms with E-state index in [1.807, 2.05) is 26.0 Å². The highest BCUT2D eigenvalue weighted by atomic mass is 79.9. The van der Waals surface area contributed by atoms with Gasteiger partial charge in [0.25, 0.3) is 0 Å². The number of aryl methyl sites for hydroxylation is 2. The van der Waals surface area contributed by atoms with Gasteiger partial charge in [0.05, 0.1) is 12.2 Å². The summed E-state index contributed by atoms with van der Waals surface area (Å²) in [5.41, 5.74) is 5.29. The van der Waals surface area contributed by atoms with Crippen LogP contribution in [0.3, 0.4) is 0 Å². The molecule has 3 aromatic rings. The van der Waals surface area contributed by atoms with Gasteiger partial charge in [-0.1, -0.05) is 51.8 Å². The lowest BCUT2D eigenvalue weighted by Crippen LogP contribution is -2.06. The molecule has 0 aliphatic carbocycles. The maximum atomic E-state index is 11.3. The Balaban J connectivity index is 1.77. The molecule has 0 heterocycles. The van der Waals surface area contributed by atoms with Crippen LogP contribution in [0.15, 0.2) is 59.1 Å². The number of nitrogens with one attached hydrogen (secondary N) is 1. The molecule has 3 rings (SSSR count). The number of hydrogen-bond donors (Lipinski definition) is 2. The van der Waals surface area contributed by atoms with Gasteiger partial charge in [-0.05, 0) is 61.7 Å². The Labute approximate surface area is 191 Å². The summed E-state index contributed by atoms with van der Waals surface area (Å²) in [6, 6.07) is 17.1. The Hall–Kier alpha value is -2.99. The van der Waals surface area contributed by atoms with E-state index in [-0.39, 0.29) is 5.56 Å². The van der Waals surface area contributed by atoms with Gasteiger partial charge in [-0.2, -0.15) is 0 Å². The van der Waals surface area contributed by atoms with Crippen molar-refractivity contribution in [2.45, 2.75) is 33.9 Å². The number of benzene rings is 3. The molecule has 6 heteroatoms. The van der Waals surface area contributed by atoms with Crippen LogP contribution >= 0.6 is 15.9 Å². The fourth-order valence-corrected chi connectivity index (χ4v) is 3.54. The molecular formula is C25H26BrNO4. The Kier molecular flexibility index (Phi) is 7.58. The second-order valence-electron chi connectivity index (χ2n) is 7.29. The largest absolute Gasteiger partial charge is 0.490 e. The van der Waals surface area contributed by atoms with Gasteiger partial charge in [-0.25, -0.2) is 4.79 Å². The highest BCUT2D eigenvalue weighted by Gasteiger charge is 2.13. The zero-order valence-electron chi connectivity index (χ0n) is 17.9. The van der Waals surface area contributed by atoms with Gasteiger partial charge < -0.3 is 19.9 Å². The predicted octanol–water partition coefficient (Wildman–Crippen LogP) is 6.35. The molecule has 2 N–H and O–H groups in total. The lowest BCUT2D eigenvalue weighted by molar-refractivity contribution is 0.0697. The third-order valence-corrected chi connectivity index (χ3v) is 5.62. The second-order valence-corrected chi connectivity index (χ2v) is 8.14. The maximum Gasteiger partial charge on any atom is 0.335 e. The van der Waals surface area contributed by atoms with E-state index in [1.54, 1.807) is 18.2 Å². The Morgan fingerprint density at radius 2 is 1.71 bits per heavy atom. The lowest BCUT2D eigenvalue weighted by Gasteiger charge is -2.16. The van der Waals surface area contributed by atoms with Crippen LogP contribution < -0.4 is 14.8 Å². The summed E-state index contributed by atoms with van der Waals surface area (Å²) in [5.74, 6) is 0.394. The van der Waals surface area contributed by atoms with Crippen molar-refractivity contribution in [2.75, 3.05) is 11.9 Å². The summed E-state index contributed by atoms with van der Waals surface area (Å²) in [4.78, 5) is 11.3. The SMILES string of the molecule is CCOc1cc(CNc2cc(C(=O)O)ccc2C)c(Br)cc1OCc1ccc(C)cc1. The van der Waals surface area contributed by atoms with Crippen LogP contribution in [0.25, 0.3) is 0 Å². The number of ether oxygens (including phenoxy) is 2. The first-order valence-corrected chi connectivity index (χ1v) is 10.9. The van der Waals surface area contributed by atoms with Gasteiger partial charge in [-0.3, -0.25) is 0 Å². The molecule has 0 saturated heterocycles. The summed E-state index contributed by atoms with van der Waals surface area (Å²) >= 11 is 3.63. The fourth-order valence-electron chi connectivity index (χ4n) is 3.08. The average Bonchev–Trinajstić information content (AvgIpc) is 2.74. The van der Waals surface area contributed by atoms with Crippen molar-refractivity contribution in [1.82, 2.24) is 0 Å². The molecule has 162 valence electrons. The van der Waals surface area contributed by atoms with Gasteiger partial charge >= 0.3 is 5.97 Å². The number of carboxylic acids is 1. The van der Waals surface area contributed by atoms with Crippen LogP contribution in [-0.4, -0.2) is 17.7 Å². The summed E-state index contributed by atoms with van der Waals surface area (Å²) in [5, 5.41) is 12.6. The molecule has 0 radical (unpaired) electrons. The van der Waals surface area contributed by atoms with Crippen LogP contribution in [0.2, 0.25) is 0 Å². The van der Waals surface area contributed by atoms with E-state index in [9.17, 15) is 9.90 Å². The Bertz CT molecular complexity index is 1060. The van der Waals surface area contributed by atoms with Crippen LogP contribution in [0.4, 0.5) is 5.69 Å². The summed E-state index contributed by atoms with van der Waals surface area (Å²) in [6.07, 6.45) is 0. The van der Waals surface area contributed by atoms with Crippen molar-refractivity contribution in [3.05, 3.63) is 86.9 Å². The minimum absolute atomic E-state index is 0.252. The van der Waals surface area contributed by atoms with E-state index < -0.39 is 5.97 Å². The summed E-state index contributed by atoms with van der Waals surface area (Å²) in [6.45, 7) is 7.41. The number of halogens is 1. The number of anilines is 1. The first-order chi connectivity index (χ1) is 14.9. The Morgan fingerprint density at radius 1 is 1.00 bits per heavy atom. The molecular weight excluding hydrogens is 458 g/mol. The number of carboxylic acid groups (broad SMARTS) is 1. The van der Waals surface area contributed by atoms with E-state index in [4.69, 9.17) is 9.47 Å². The number of hydrogen-bond acceptors (Lipinski definition) is 4. The molecule has 5 nitrogen and oxygen atoms in total. The zero-order valence-corrected chi connectivity index (χ0v) is 19.5. The summed E-state index contributed by atoms with van der Waals surface area (Å²) < 4.78 is 12.7. The Morgan fingerprint density at radius 3 is 2.39 bits per heavy atom. The average molecular weight is 484 g/mol. The quantitative estimate of drug-likeness (QED) is 0.370. The van der Waals surface area contributed by atoms with Crippen LogP contribution in [-0.2, 0) is 13.2 Å². The normalized spacial score (nSPS) is 10.6. The van der Waals surface area contributed by atoms with Gasteiger partial charge in [0.1, 0.15) is 6.61 Å². The molecule has 0 saturated carbocycles. The van der Waals surface area contributed by atoms with E-state index in [2.05, 4.69) is 52.4 Å². The molecule has 0 amide bonds. The maximum absolute atomic E-state index is 11.3. The van der Waals surface area contributed by atoms with Crippen molar-refractivity contribution < 1.29 is 19.4 Å². The van der Waals surface area contributed by atoms with E-state index in [1.165, 1.54) is 5.56 Å². The number of aromatic carboxylic acids is 1. The topological polar surface area (TPSA) is 67.8 Å². The highest BCUT2D eigenvalue weighted by Crippen LogP contribution is 2.35. The highest BCUT2D eigenvalue weighted by molar-refractivity contribution is 9.10. The van der Waals surface area contributed by atoms with Crippen molar-refractivity contribution in [1.29, 1.82) is 0 Å². The smallest absolute Gasteiger partial charge is 0.335 e. The monoisotopic (exact) mass is 483 g/mol. The number of rotatable bonds is 9. The number of carbonyl (C=O) groups is 1. The first-order valence-electron chi connectivity index (χ1n) is 10.1. The molecule has 0 fully saturated rings. The fraction of sp³-hybridized carbons (Fsp3) is 0.240. The van der Waals surface area contributed by atoms with Crippen molar-refractivity contribution >= 4 is 27.6 Å². The summed E-state index contributed by atoms with van der Waals surface area (Å²) in [7, 11) is 0. The molecule has 0 aliphatic heterocycles. The minimum Gasteiger partial charge on any atom is -0.490 e. The predicted molar refractivity (Wildman–Crippen MR) is 126 cm³/mol. The van der Waals surface area contributed by atoms with Crippen LogP contribution in [0, 0.1) is 13.8 Å². The van der Waals surface area contributed by atoms with E-state index in [0.29, 0.717) is 31.3 Å². The minimum atomic E-state index is -0.946. The van der Waals surface area contributed by atoms with Crippen LogP contribution in [0.1, 0.15) is 39.5 Å². The molecule has 0 atom stereocenters. The van der Waals surface area contributed by atoms with E-state index >= 15 is 0 Å². The van der Waals surface area contributed by atoms with Gasteiger partial charge in [0.2, 0.25) is 0 Å². The molecule has 31 heavy (non-hydrogen) atoms. The lowest BCUT2D eigenvalue weighted by atomic mass is 10.1. The molecule has 0 bridgehead atoms.